The minimum Gasteiger partial charge on any atom is -0.468 e. The van der Waals surface area contributed by atoms with E-state index in [2.05, 4.69) is 20.7 Å². The van der Waals surface area contributed by atoms with E-state index < -0.39 is 10.0 Å². The third-order valence-electron chi connectivity index (χ3n) is 3.05. The van der Waals surface area contributed by atoms with E-state index in [1.807, 2.05) is 4.90 Å². The van der Waals surface area contributed by atoms with Gasteiger partial charge in [0.1, 0.15) is 4.21 Å². The predicted molar refractivity (Wildman–Crippen MR) is 79.2 cm³/mol. The number of hydrogen-bond acceptors (Lipinski definition) is 6. The lowest BCUT2D eigenvalue weighted by molar-refractivity contribution is -0.142. The third kappa shape index (κ3) is 3.59. The van der Waals surface area contributed by atoms with Crippen LogP contribution in [-0.4, -0.2) is 63.4 Å². The van der Waals surface area contributed by atoms with Crippen molar-refractivity contribution in [2.24, 2.45) is 0 Å². The van der Waals surface area contributed by atoms with Crippen molar-refractivity contribution in [2.45, 2.75) is 4.21 Å². The Balaban J connectivity index is 1.98. The van der Waals surface area contributed by atoms with Gasteiger partial charge in [-0.1, -0.05) is 0 Å². The van der Waals surface area contributed by atoms with Crippen molar-refractivity contribution in [1.29, 1.82) is 0 Å². The molecule has 2 heterocycles. The van der Waals surface area contributed by atoms with Crippen LogP contribution in [0.15, 0.2) is 20.1 Å². The summed E-state index contributed by atoms with van der Waals surface area (Å²) in [5.74, 6) is -0.302. The summed E-state index contributed by atoms with van der Waals surface area (Å²) in [6.45, 7) is 2.03. The molecule has 0 N–H and O–H groups in total. The number of carbonyl (C=O) groups is 1. The number of methoxy groups -OCH3 is 1. The van der Waals surface area contributed by atoms with Crippen molar-refractivity contribution < 1.29 is 17.9 Å². The highest BCUT2D eigenvalue weighted by atomic mass is 79.9. The molecule has 20 heavy (non-hydrogen) atoms. The van der Waals surface area contributed by atoms with E-state index in [1.54, 1.807) is 12.1 Å². The van der Waals surface area contributed by atoms with E-state index in [1.165, 1.54) is 22.8 Å². The third-order valence-corrected chi connectivity index (χ3v) is 7.04. The fourth-order valence-corrected chi connectivity index (χ4v) is 5.53. The average Bonchev–Trinajstić information content (AvgIpc) is 2.86. The molecule has 0 radical (unpaired) electrons. The number of nitrogens with zero attached hydrogens (tertiary/aromatic N) is 2. The quantitative estimate of drug-likeness (QED) is 0.726. The monoisotopic (exact) mass is 382 g/mol. The Morgan fingerprint density at radius 3 is 2.50 bits per heavy atom. The molecule has 1 fully saturated rings. The molecule has 1 aromatic rings. The molecule has 2 rings (SSSR count). The maximum Gasteiger partial charge on any atom is 0.319 e. The maximum atomic E-state index is 12.4. The summed E-state index contributed by atoms with van der Waals surface area (Å²) in [5.41, 5.74) is 0. The van der Waals surface area contributed by atoms with Gasteiger partial charge < -0.3 is 4.74 Å². The van der Waals surface area contributed by atoms with E-state index in [-0.39, 0.29) is 12.5 Å². The first-order valence-corrected chi connectivity index (χ1v) is 9.03. The highest BCUT2D eigenvalue weighted by Crippen LogP contribution is 2.28. The second-order valence-electron chi connectivity index (χ2n) is 4.31. The van der Waals surface area contributed by atoms with Gasteiger partial charge in [0, 0.05) is 26.2 Å². The Bertz CT molecular complexity index is 579. The Labute approximate surface area is 130 Å². The number of piperazine rings is 1. The summed E-state index contributed by atoms with van der Waals surface area (Å²) >= 11 is 4.47. The molecule has 112 valence electrons. The lowest BCUT2D eigenvalue weighted by Gasteiger charge is -2.32. The molecule has 6 nitrogen and oxygen atoms in total. The first-order chi connectivity index (χ1) is 9.43. The summed E-state index contributed by atoms with van der Waals surface area (Å²) in [7, 11) is -2.07. The van der Waals surface area contributed by atoms with Crippen molar-refractivity contribution in [3.63, 3.8) is 0 Å². The van der Waals surface area contributed by atoms with Gasteiger partial charge in [0.15, 0.2) is 0 Å². The zero-order valence-electron chi connectivity index (χ0n) is 10.9. The minimum absolute atomic E-state index is 0.203. The van der Waals surface area contributed by atoms with Crippen LogP contribution in [0.5, 0.6) is 0 Å². The molecule has 0 unspecified atom stereocenters. The van der Waals surface area contributed by atoms with E-state index in [9.17, 15) is 13.2 Å². The van der Waals surface area contributed by atoms with Crippen molar-refractivity contribution >= 4 is 43.3 Å². The molecule has 0 aliphatic carbocycles. The normalized spacial score (nSPS) is 18.1. The molecule has 0 bridgehead atoms. The molecule has 1 aliphatic rings. The Morgan fingerprint density at radius 1 is 1.35 bits per heavy atom. The molecule has 1 aliphatic heterocycles. The smallest absolute Gasteiger partial charge is 0.319 e. The van der Waals surface area contributed by atoms with Crippen LogP contribution in [0.2, 0.25) is 0 Å². The maximum absolute atomic E-state index is 12.4. The zero-order valence-corrected chi connectivity index (χ0v) is 14.1. The number of thiophene rings is 1. The molecule has 0 atom stereocenters. The van der Waals surface area contributed by atoms with Gasteiger partial charge in [-0.3, -0.25) is 9.69 Å². The lowest BCUT2D eigenvalue weighted by atomic mass is 10.3. The van der Waals surface area contributed by atoms with Crippen molar-refractivity contribution in [2.75, 3.05) is 39.8 Å². The fourth-order valence-electron chi connectivity index (χ4n) is 1.94. The Hall–Kier alpha value is -0.480. The van der Waals surface area contributed by atoms with Crippen LogP contribution in [0.3, 0.4) is 0 Å². The van der Waals surface area contributed by atoms with Crippen LogP contribution in [0, 0.1) is 0 Å². The Morgan fingerprint density at radius 2 is 2.00 bits per heavy atom. The van der Waals surface area contributed by atoms with Gasteiger partial charge in [0.2, 0.25) is 0 Å². The summed E-state index contributed by atoms with van der Waals surface area (Å²) in [5, 5.41) is 0. The van der Waals surface area contributed by atoms with Gasteiger partial charge in [-0.15, -0.1) is 11.3 Å². The second kappa shape index (κ2) is 6.52. The summed E-state index contributed by atoms with van der Waals surface area (Å²) in [6.07, 6.45) is 0. The number of hydrogen-bond donors (Lipinski definition) is 0. The number of carbonyl (C=O) groups excluding carboxylic acids is 1. The first-order valence-electron chi connectivity index (χ1n) is 5.98. The molecule has 1 aromatic heterocycles. The molecule has 0 amide bonds. The summed E-state index contributed by atoms with van der Waals surface area (Å²) in [4.78, 5) is 13.1. The molecular weight excluding hydrogens is 368 g/mol. The lowest BCUT2D eigenvalue weighted by Crippen LogP contribution is -2.49. The van der Waals surface area contributed by atoms with Gasteiger partial charge in [-0.05, 0) is 28.1 Å². The number of rotatable bonds is 4. The second-order valence-corrected chi connectivity index (χ2v) is 8.94. The van der Waals surface area contributed by atoms with E-state index in [0.29, 0.717) is 30.4 Å². The summed E-state index contributed by atoms with van der Waals surface area (Å²) < 4.78 is 32.0. The van der Waals surface area contributed by atoms with Crippen LogP contribution in [0.25, 0.3) is 0 Å². The van der Waals surface area contributed by atoms with Gasteiger partial charge in [0.25, 0.3) is 10.0 Å². The van der Waals surface area contributed by atoms with Gasteiger partial charge in [0.05, 0.1) is 17.4 Å². The SMILES string of the molecule is COC(=O)CN1CCN(S(=O)(=O)c2ccc(Br)s2)CC1. The zero-order chi connectivity index (χ0) is 14.8. The highest BCUT2D eigenvalue weighted by molar-refractivity contribution is 9.11. The fraction of sp³-hybridized carbons (Fsp3) is 0.545. The Kier molecular flexibility index (Phi) is 5.19. The standard InChI is InChI=1S/C11H15BrN2O4S2/c1-18-10(15)8-13-4-6-14(7-5-13)20(16,17)11-3-2-9(12)19-11/h2-3H,4-8H2,1H3. The molecule has 9 heteroatoms. The largest absolute Gasteiger partial charge is 0.468 e. The number of ether oxygens (including phenoxy) is 1. The van der Waals surface area contributed by atoms with Crippen LogP contribution in [0.1, 0.15) is 0 Å². The van der Waals surface area contributed by atoms with Crippen LogP contribution >= 0.6 is 27.3 Å². The van der Waals surface area contributed by atoms with E-state index >= 15 is 0 Å². The molecule has 0 spiro atoms. The molecule has 0 saturated carbocycles. The van der Waals surface area contributed by atoms with Crippen LogP contribution in [-0.2, 0) is 19.6 Å². The molecule has 1 saturated heterocycles. The van der Waals surface area contributed by atoms with Crippen LogP contribution in [0.4, 0.5) is 0 Å². The predicted octanol–water partition coefficient (Wildman–Crippen LogP) is 0.990. The number of esters is 1. The molecular formula is C11H15BrN2O4S2. The topological polar surface area (TPSA) is 66.9 Å². The van der Waals surface area contributed by atoms with Gasteiger partial charge in [-0.2, -0.15) is 4.31 Å². The average molecular weight is 383 g/mol. The van der Waals surface area contributed by atoms with Crippen molar-refractivity contribution in [3.8, 4) is 0 Å². The first kappa shape index (κ1) is 15.9. The summed E-state index contributed by atoms with van der Waals surface area (Å²) in [6, 6.07) is 3.33. The number of sulfonamides is 1. The van der Waals surface area contributed by atoms with Crippen molar-refractivity contribution in [1.82, 2.24) is 9.21 Å². The number of halogens is 1. The van der Waals surface area contributed by atoms with Gasteiger partial charge in [-0.25, -0.2) is 8.42 Å². The van der Waals surface area contributed by atoms with E-state index in [4.69, 9.17) is 0 Å². The minimum atomic E-state index is -3.42. The molecule has 0 aromatic carbocycles. The van der Waals surface area contributed by atoms with Crippen molar-refractivity contribution in [3.05, 3.63) is 15.9 Å². The van der Waals surface area contributed by atoms with Gasteiger partial charge >= 0.3 is 5.97 Å². The van der Waals surface area contributed by atoms with Crippen LogP contribution < -0.4 is 0 Å². The highest BCUT2D eigenvalue weighted by Gasteiger charge is 2.30. The van der Waals surface area contributed by atoms with E-state index in [0.717, 1.165) is 3.79 Å².